The van der Waals surface area contributed by atoms with Crippen LogP contribution < -0.4 is 10.2 Å². The van der Waals surface area contributed by atoms with Crippen molar-refractivity contribution in [3.8, 4) is 0 Å². The fraction of sp³-hybridized carbons (Fsp3) is 0.625. The number of benzene rings is 1. The normalized spacial score (nSPS) is 15.4. The second kappa shape index (κ2) is 6.46. The molecular formula is C16H25BrN2O. The minimum Gasteiger partial charge on any atom is -0.389 e. The van der Waals surface area contributed by atoms with Crippen LogP contribution in [-0.4, -0.2) is 29.8 Å². The first-order valence-electron chi connectivity index (χ1n) is 7.38. The van der Waals surface area contributed by atoms with E-state index in [-0.39, 0.29) is 0 Å². The summed E-state index contributed by atoms with van der Waals surface area (Å²) in [6.45, 7) is 8.26. The Morgan fingerprint density at radius 3 is 2.65 bits per heavy atom. The lowest BCUT2D eigenvalue weighted by Gasteiger charge is -2.31. The van der Waals surface area contributed by atoms with E-state index in [0.29, 0.717) is 12.6 Å². The van der Waals surface area contributed by atoms with Crippen LogP contribution >= 0.6 is 15.9 Å². The highest BCUT2D eigenvalue weighted by molar-refractivity contribution is 9.10. The first-order valence-corrected chi connectivity index (χ1v) is 8.17. The van der Waals surface area contributed by atoms with E-state index >= 15 is 0 Å². The fourth-order valence-electron chi connectivity index (χ4n) is 2.36. The third kappa shape index (κ3) is 4.76. The minimum atomic E-state index is -0.695. The Balaban J connectivity index is 2.18. The lowest BCUT2D eigenvalue weighted by molar-refractivity contribution is 0.0875. The zero-order chi connectivity index (χ0) is 14.8. The standard InChI is InChI=1S/C16H25BrN2O/c1-4-19(11-16(2,3)20)15-9-13(17)6-5-12(15)10-18-14-7-8-14/h5-6,9,14,18,20H,4,7-8,10-11H2,1-3H3. The molecule has 1 saturated carbocycles. The first-order chi connectivity index (χ1) is 9.39. The molecule has 1 aromatic rings. The molecule has 0 unspecified atom stereocenters. The van der Waals surface area contributed by atoms with Gasteiger partial charge in [0.25, 0.3) is 0 Å². The van der Waals surface area contributed by atoms with Crippen LogP contribution in [0, 0.1) is 0 Å². The number of anilines is 1. The van der Waals surface area contributed by atoms with E-state index in [1.807, 2.05) is 13.8 Å². The molecule has 1 aromatic carbocycles. The zero-order valence-corrected chi connectivity index (χ0v) is 14.2. The van der Waals surface area contributed by atoms with Crippen LogP contribution in [0.2, 0.25) is 0 Å². The van der Waals surface area contributed by atoms with Gasteiger partial charge in [-0.2, -0.15) is 0 Å². The van der Waals surface area contributed by atoms with E-state index < -0.39 is 5.60 Å². The second-order valence-corrected chi connectivity index (χ2v) is 7.17. The van der Waals surface area contributed by atoms with Gasteiger partial charge in [-0.25, -0.2) is 0 Å². The highest BCUT2D eigenvalue weighted by atomic mass is 79.9. The van der Waals surface area contributed by atoms with Gasteiger partial charge in [-0.15, -0.1) is 0 Å². The van der Waals surface area contributed by atoms with Crippen LogP contribution in [0.4, 0.5) is 5.69 Å². The number of nitrogens with one attached hydrogen (secondary N) is 1. The van der Waals surface area contributed by atoms with E-state index in [0.717, 1.165) is 17.6 Å². The second-order valence-electron chi connectivity index (χ2n) is 6.25. The molecule has 0 aromatic heterocycles. The van der Waals surface area contributed by atoms with Crippen LogP contribution in [0.1, 0.15) is 39.2 Å². The van der Waals surface area contributed by atoms with E-state index in [1.165, 1.54) is 24.1 Å². The Bertz CT molecular complexity index is 452. The van der Waals surface area contributed by atoms with Gasteiger partial charge in [0.2, 0.25) is 0 Å². The maximum Gasteiger partial charge on any atom is 0.0765 e. The zero-order valence-electron chi connectivity index (χ0n) is 12.6. The fourth-order valence-corrected chi connectivity index (χ4v) is 2.71. The van der Waals surface area contributed by atoms with Gasteiger partial charge >= 0.3 is 0 Å². The average Bonchev–Trinajstić information content (AvgIpc) is 3.17. The van der Waals surface area contributed by atoms with Gasteiger partial charge in [-0.1, -0.05) is 22.0 Å². The molecule has 0 heterocycles. The molecule has 0 radical (unpaired) electrons. The summed E-state index contributed by atoms with van der Waals surface area (Å²) >= 11 is 3.56. The molecule has 4 heteroatoms. The third-order valence-electron chi connectivity index (χ3n) is 3.51. The molecule has 0 saturated heterocycles. The van der Waals surface area contributed by atoms with E-state index in [2.05, 4.69) is 51.3 Å². The molecule has 0 amide bonds. The Morgan fingerprint density at radius 2 is 2.10 bits per heavy atom. The van der Waals surface area contributed by atoms with Crippen LogP contribution in [0.25, 0.3) is 0 Å². The first kappa shape index (κ1) is 15.8. The van der Waals surface area contributed by atoms with Crippen molar-refractivity contribution in [3.05, 3.63) is 28.2 Å². The number of nitrogens with zero attached hydrogens (tertiary/aromatic N) is 1. The largest absolute Gasteiger partial charge is 0.389 e. The van der Waals surface area contributed by atoms with Crippen LogP contribution in [-0.2, 0) is 6.54 Å². The smallest absolute Gasteiger partial charge is 0.0765 e. The predicted octanol–water partition coefficient (Wildman–Crippen LogP) is 3.30. The van der Waals surface area contributed by atoms with Crippen LogP contribution in [0.15, 0.2) is 22.7 Å². The summed E-state index contributed by atoms with van der Waals surface area (Å²) in [5.41, 5.74) is 1.81. The summed E-state index contributed by atoms with van der Waals surface area (Å²) in [6, 6.07) is 7.11. The van der Waals surface area contributed by atoms with Gasteiger partial charge in [0.05, 0.1) is 5.60 Å². The van der Waals surface area contributed by atoms with Gasteiger partial charge in [0, 0.05) is 35.8 Å². The highest BCUT2D eigenvalue weighted by Gasteiger charge is 2.22. The third-order valence-corrected chi connectivity index (χ3v) is 4.00. The summed E-state index contributed by atoms with van der Waals surface area (Å²) in [6.07, 6.45) is 2.60. The number of rotatable bonds is 7. The Hall–Kier alpha value is -0.580. The van der Waals surface area contributed by atoms with Gasteiger partial charge in [0.1, 0.15) is 0 Å². The van der Waals surface area contributed by atoms with Crippen molar-refractivity contribution in [2.45, 2.75) is 51.8 Å². The van der Waals surface area contributed by atoms with E-state index in [1.54, 1.807) is 0 Å². The molecule has 0 aliphatic heterocycles. The molecule has 1 fully saturated rings. The van der Waals surface area contributed by atoms with Crippen molar-refractivity contribution in [3.63, 3.8) is 0 Å². The lowest BCUT2D eigenvalue weighted by Crippen LogP contribution is -2.39. The molecule has 2 N–H and O–H groups in total. The van der Waals surface area contributed by atoms with Crippen molar-refractivity contribution in [2.24, 2.45) is 0 Å². The molecule has 0 atom stereocenters. The average molecular weight is 341 g/mol. The molecule has 1 aliphatic rings. The molecule has 1 aliphatic carbocycles. The van der Waals surface area contributed by atoms with Gasteiger partial charge in [-0.3, -0.25) is 0 Å². The van der Waals surface area contributed by atoms with E-state index in [4.69, 9.17) is 0 Å². The Morgan fingerprint density at radius 1 is 1.40 bits per heavy atom. The molecular weight excluding hydrogens is 316 g/mol. The number of halogens is 1. The van der Waals surface area contributed by atoms with Crippen molar-refractivity contribution in [2.75, 3.05) is 18.0 Å². The number of hydrogen-bond acceptors (Lipinski definition) is 3. The maximum absolute atomic E-state index is 10.1. The molecule has 0 spiro atoms. The highest BCUT2D eigenvalue weighted by Crippen LogP contribution is 2.28. The topological polar surface area (TPSA) is 35.5 Å². The predicted molar refractivity (Wildman–Crippen MR) is 88.2 cm³/mol. The molecule has 2 rings (SSSR count). The van der Waals surface area contributed by atoms with Crippen LogP contribution in [0.5, 0.6) is 0 Å². The van der Waals surface area contributed by atoms with Gasteiger partial charge in [0.15, 0.2) is 0 Å². The van der Waals surface area contributed by atoms with E-state index in [9.17, 15) is 5.11 Å². The summed E-state index contributed by atoms with van der Waals surface area (Å²) in [7, 11) is 0. The Labute approximate surface area is 130 Å². The van der Waals surface area contributed by atoms with Crippen molar-refractivity contribution < 1.29 is 5.11 Å². The van der Waals surface area contributed by atoms with Crippen LogP contribution in [0.3, 0.4) is 0 Å². The quantitative estimate of drug-likeness (QED) is 0.799. The maximum atomic E-state index is 10.1. The van der Waals surface area contributed by atoms with Gasteiger partial charge < -0.3 is 15.3 Å². The number of hydrogen-bond donors (Lipinski definition) is 2. The number of likely N-dealkylation sites (N-methyl/N-ethyl adjacent to an activating group) is 1. The SMILES string of the molecule is CCN(CC(C)(C)O)c1cc(Br)ccc1CNC1CC1. The molecule has 20 heavy (non-hydrogen) atoms. The van der Waals surface area contributed by atoms with Gasteiger partial charge in [-0.05, 0) is 51.3 Å². The molecule has 0 bridgehead atoms. The van der Waals surface area contributed by atoms with Crippen molar-refractivity contribution in [1.29, 1.82) is 0 Å². The van der Waals surface area contributed by atoms with Crippen molar-refractivity contribution >= 4 is 21.6 Å². The lowest BCUT2D eigenvalue weighted by atomic mass is 10.1. The minimum absolute atomic E-state index is 0.635. The van der Waals surface area contributed by atoms with Crippen molar-refractivity contribution in [1.82, 2.24) is 5.32 Å². The summed E-state index contributed by atoms with van der Waals surface area (Å²) in [5, 5.41) is 13.7. The number of aliphatic hydroxyl groups is 1. The monoisotopic (exact) mass is 340 g/mol. The molecule has 3 nitrogen and oxygen atoms in total. The summed E-state index contributed by atoms with van der Waals surface area (Å²) in [5.74, 6) is 0. The molecule has 112 valence electrons. The summed E-state index contributed by atoms with van der Waals surface area (Å²) in [4.78, 5) is 2.24. The Kier molecular flexibility index (Phi) is 5.10. The summed E-state index contributed by atoms with van der Waals surface area (Å²) < 4.78 is 1.08.